The van der Waals surface area contributed by atoms with E-state index >= 15 is 0 Å². The molecule has 2 aromatic rings. The third kappa shape index (κ3) is 4.26. The molecular weight excluding hydrogens is 404 g/mol. The number of carbonyl (C=O) groups excluding carboxylic acids is 1. The highest BCUT2D eigenvalue weighted by Gasteiger charge is 2.43. The molecule has 152 valence electrons. The van der Waals surface area contributed by atoms with Crippen molar-refractivity contribution < 1.29 is 13.2 Å². The highest BCUT2D eigenvalue weighted by atomic mass is 32.2. The summed E-state index contributed by atoms with van der Waals surface area (Å²) in [6.07, 6.45) is 5.02. The first-order valence-corrected chi connectivity index (χ1v) is 12.2. The molecule has 1 atom stereocenters. The molecule has 1 amide bonds. The Hall–Kier alpha value is -2.12. The van der Waals surface area contributed by atoms with Crippen LogP contribution in [0.2, 0.25) is 0 Å². The first-order chi connectivity index (χ1) is 14.0. The van der Waals surface area contributed by atoms with Gasteiger partial charge in [-0.05, 0) is 37.5 Å². The molecule has 1 saturated heterocycles. The Balaban J connectivity index is 1.72. The Morgan fingerprint density at radius 3 is 2.28 bits per heavy atom. The van der Waals surface area contributed by atoms with Crippen LogP contribution >= 0.6 is 11.8 Å². The van der Waals surface area contributed by atoms with Crippen LogP contribution in [0, 0.1) is 6.92 Å². The SMILES string of the molecule is Cc1ccc(S(=O)(=O)N=C2S[C@H](c3ccccc3)C(=O)N2C2CCCCC2)cc1. The van der Waals surface area contributed by atoms with Gasteiger partial charge in [0.25, 0.3) is 10.0 Å². The standard InChI is InChI=1S/C22H24N2O3S2/c1-16-12-14-19(15-13-16)29(26,27)23-22-24(18-10-6-3-7-11-18)21(25)20(28-22)17-8-4-2-5-9-17/h2,4-5,8-9,12-15,18,20H,3,6-7,10-11H2,1H3/t20-/m1/s1. The van der Waals surface area contributed by atoms with Crippen LogP contribution in [0.3, 0.4) is 0 Å². The van der Waals surface area contributed by atoms with Crippen LogP contribution in [0.4, 0.5) is 0 Å². The second-order valence-corrected chi connectivity index (χ2v) is 10.2. The lowest BCUT2D eigenvalue weighted by molar-refractivity contribution is -0.128. The van der Waals surface area contributed by atoms with Gasteiger partial charge in [0.2, 0.25) is 5.91 Å². The number of amidine groups is 1. The summed E-state index contributed by atoms with van der Waals surface area (Å²) in [7, 11) is -3.89. The van der Waals surface area contributed by atoms with Crippen LogP contribution in [0.15, 0.2) is 63.9 Å². The lowest BCUT2D eigenvalue weighted by atomic mass is 9.94. The van der Waals surface area contributed by atoms with E-state index in [2.05, 4.69) is 4.40 Å². The van der Waals surface area contributed by atoms with Gasteiger partial charge in [-0.1, -0.05) is 79.1 Å². The molecule has 1 aliphatic carbocycles. The molecule has 2 aromatic carbocycles. The molecule has 2 aliphatic rings. The maximum atomic E-state index is 13.3. The molecule has 0 N–H and O–H groups in total. The van der Waals surface area contributed by atoms with Gasteiger partial charge in [-0.2, -0.15) is 8.42 Å². The molecule has 2 fully saturated rings. The van der Waals surface area contributed by atoms with Gasteiger partial charge in [0.05, 0.1) is 4.90 Å². The number of rotatable bonds is 4. The zero-order chi connectivity index (χ0) is 20.4. The summed E-state index contributed by atoms with van der Waals surface area (Å²) in [6, 6.07) is 16.2. The van der Waals surface area contributed by atoms with Crippen molar-refractivity contribution in [1.82, 2.24) is 4.90 Å². The Kier molecular flexibility index (Phi) is 5.79. The van der Waals surface area contributed by atoms with Gasteiger partial charge in [-0.3, -0.25) is 9.69 Å². The average molecular weight is 429 g/mol. The van der Waals surface area contributed by atoms with E-state index in [0.29, 0.717) is 5.17 Å². The normalized spacial score (nSPS) is 22.4. The number of aryl methyl sites for hydroxylation is 1. The quantitative estimate of drug-likeness (QED) is 0.709. The van der Waals surface area contributed by atoms with Gasteiger partial charge in [0, 0.05) is 6.04 Å². The van der Waals surface area contributed by atoms with Crippen molar-refractivity contribution in [2.75, 3.05) is 0 Å². The minimum atomic E-state index is -3.89. The summed E-state index contributed by atoms with van der Waals surface area (Å²) in [5.41, 5.74) is 1.86. The molecule has 7 heteroatoms. The number of nitrogens with zero attached hydrogens (tertiary/aromatic N) is 2. The maximum Gasteiger partial charge on any atom is 0.284 e. The number of hydrogen-bond acceptors (Lipinski definition) is 4. The highest BCUT2D eigenvalue weighted by Crippen LogP contribution is 2.43. The fourth-order valence-corrected chi connectivity index (χ4v) is 6.29. The smallest absolute Gasteiger partial charge is 0.284 e. The van der Waals surface area contributed by atoms with Gasteiger partial charge >= 0.3 is 0 Å². The molecule has 1 aliphatic heterocycles. The topological polar surface area (TPSA) is 66.8 Å². The Bertz CT molecular complexity index is 1010. The summed E-state index contributed by atoms with van der Waals surface area (Å²) >= 11 is 1.25. The van der Waals surface area contributed by atoms with Crippen LogP contribution in [-0.2, 0) is 14.8 Å². The third-order valence-corrected chi connectivity index (χ3v) is 8.06. The second-order valence-electron chi connectivity index (χ2n) is 7.57. The summed E-state index contributed by atoms with van der Waals surface area (Å²) in [4.78, 5) is 15.1. The lowest BCUT2D eigenvalue weighted by Gasteiger charge is -2.30. The molecule has 0 spiro atoms. The molecule has 0 radical (unpaired) electrons. The monoisotopic (exact) mass is 428 g/mol. The van der Waals surface area contributed by atoms with Crippen molar-refractivity contribution in [1.29, 1.82) is 0 Å². The van der Waals surface area contributed by atoms with E-state index in [1.54, 1.807) is 29.2 Å². The number of amides is 1. The zero-order valence-corrected chi connectivity index (χ0v) is 18.0. The Morgan fingerprint density at radius 2 is 1.62 bits per heavy atom. The van der Waals surface area contributed by atoms with Gasteiger partial charge < -0.3 is 0 Å². The van der Waals surface area contributed by atoms with Crippen LogP contribution in [-0.4, -0.2) is 30.4 Å². The average Bonchev–Trinajstić information content (AvgIpc) is 3.05. The molecule has 29 heavy (non-hydrogen) atoms. The van der Waals surface area contributed by atoms with Crippen LogP contribution < -0.4 is 0 Å². The first-order valence-electron chi connectivity index (χ1n) is 9.92. The van der Waals surface area contributed by atoms with Gasteiger partial charge in [0.15, 0.2) is 5.17 Å². The van der Waals surface area contributed by atoms with Gasteiger partial charge in [-0.15, -0.1) is 4.40 Å². The van der Waals surface area contributed by atoms with Gasteiger partial charge in [-0.25, -0.2) is 0 Å². The summed E-state index contributed by atoms with van der Waals surface area (Å²) in [5.74, 6) is -0.0639. The van der Waals surface area contributed by atoms with E-state index in [4.69, 9.17) is 0 Å². The third-order valence-electron chi connectivity index (χ3n) is 5.45. The fraction of sp³-hybridized carbons (Fsp3) is 0.364. The number of hydrogen-bond donors (Lipinski definition) is 0. The predicted molar refractivity (Wildman–Crippen MR) is 116 cm³/mol. The number of carbonyl (C=O) groups is 1. The van der Waals surface area contributed by atoms with Crippen LogP contribution in [0.25, 0.3) is 0 Å². The number of sulfonamides is 1. The molecule has 0 aromatic heterocycles. The molecular formula is C22H24N2O3S2. The second kappa shape index (κ2) is 8.32. The lowest BCUT2D eigenvalue weighted by Crippen LogP contribution is -2.41. The minimum absolute atomic E-state index is 0.0180. The van der Waals surface area contributed by atoms with Crippen molar-refractivity contribution in [3.63, 3.8) is 0 Å². The Labute approximate surface area is 176 Å². The highest BCUT2D eigenvalue weighted by molar-refractivity contribution is 8.15. The summed E-state index contributed by atoms with van der Waals surface area (Å²) in [6.45, 7) is 1.91. The van der Waals surface area contributed by atoms with Crippen molar-refractivity contribution in [2.45, 2.75) is 55.2 Å². The predicted octanol–water partition coefficient (Wildman–Crippen LogP) is 4.69. The fourth-order valence-electron chi connectivity index (χ4n) is 3.88. The van der Waals surface area contributed by atoms with E-state index in [1.807, 2.05) is 37.3 Å². The number of thioether (sulfide) groups is 1. The largest absolute Gasteiger partial charge is 0.286 e. The van der Waals surface area contributed by atoms with E-state index < -0.39 is 15.3 Å². The molecule has 0 bridgehead atoms. The van der Waals surface area contributed by atoms with Crippen LogP contribution in [0.1, 0.15) is 48.5 Å². The van der Waals surface area contributed by atoms with Crippen molar-refractivity contribution in [3.05, 3.63) is 65.7 Å². The van der Waals surface area contributed by atoms with E-state index in [1.165, 1.54) is 11.8 Å². The summed E-state index contributed by atoms with van der Waals surface area (Å²) < 4.78 is 30.0. The van der Waals surface area contributed by atoms with Crippen molar-refractivity contribution in [3.8, 4) is 0 Å². The van der Waals surface area contributed by atoms with Crippen LogP contribution in [0.5, 0.6) is 0 Å². The van der Waals surface area contributed by atoms with Crippen molar-refractivity contribution in [2.24, 2.45) is 4.40 Å². The molecule has 1 saturated carbocycles. The van der Waals surface area contributed by atoms with E-state index in [0.717, 1.165) is 43.2 Å². The molecule has 1 heterocycles. The Morgan fingerprint density at radius 1 is 0.966 bits per heavy atom. The van der Waals surface area contributed by atoms with Crippen molar-refractivity contribution >= 4 is 32.9 Å². The van der Waals surface area contributed by atoms with E-state index in [9.17, 15) is 13.2 Å². The first kappa shape index (κ1) is 20.2. The minimum Gasteiger partial charge on any atom is -0.286 e. The van der Waals surface area contributed by atoms with E-state index in [-0.39, 0.29) is 16.8 Å². The molecule has 4 rings (SSSR count). The maximum absolute atomic E-state index is 13.3. The summed E-state index contributed by atoms with van der Waals surface area (Å²) in [5, 5.41) is -0.151. The zero-order valence-electron chi connectivity index (χ0n) is 16.3. The molecule has 5 nitrogen and oxygen atoms in total. The number of benzene rings is 2. The molecule has 0 unspecified atom stereocenters. The van der Waals surface area contributed by atoms with Gasteiger partial charge in [0.1, 0.15) is 5.25 Å².